The van der Waals surface area contributed by atoms with Crippen LogP contribution in [0.25, 0.3) is 0 Å². The van der Waals surface area contributed by atoms with Crippen LogP contribution in [0.5, 0.6) is 0 Å². The fraction of sp³-hybridized carbons (Fsp3) is 0.294. The summed E-state index contributed by atoms with van der Waals surface area (Å²) in [6, 6.07) is 5.30. The Labute approximate surface area is 162 Å². The number of hydrogen-bond acceptors (Lipinski definition) is 5. The topological polar surface area (TPSA) is 115 Å². The van der Waals surface area contributed by atoms with Crippen LogP contribution in [0.1, 0.15) is 24.0 Å². The maximum Gasteiger partial charge on any atom is 0.416 e. The van der Waals surface area contributed by atoms with Gasteiger partial charge in [-0.05, 0) is 42.7 Å². The van der Waals surface area contributed by atoms with Gasteiger partial charge in [-0.3, -0.25) is 10.1 Å². The van der Waals surface area contributed by atoms with Gasteiger partial charge in [0.2, 0.25) is 10.0 Å². The third-order valence-corrected chi connectivity index (χ3v) is 5.74. The Morgan fingerprint density at radius 1 is 1.17 bits per heavy atom. The van der Waals surface area contributed by atoms with Crippen molar-refractivity contribution in [3.63, 3.8) is 0 Å². The van der Waals surface area contributed by atoms with Gasteiger partial charge in [-0.25, -0.2) is 17.9 Å². The fourth-order valence-corrected chi connectivity index (χ4v) is 3.78. The lowest BCUT2D eigenvalue weighted by molar-refractivity contribution is -0.385. The zero-order valence-corrected chi connectivity index (χ0v) is 15.5. The molecule has 3 rings (SSSR count). The molecule has 1 aliphatic carbocycles. The highest BCUT2D eigenvalue weighted by molar-refractivity contribution is 7.89. The number of primary sulfonamides is 1. The van der Waals surface area contributed by atoms with Gasteiger partial charge in [-0.15, -0.1) is 0 Å². The Morgan fingerprint density at radius 3 is 2.34 bits per heavy atom. The number of nitrogens with zero attached hydrogens (tertiary/aromatic N) is 1. The van der Waals surface area contributed by atoms with E-state index in [9.17, 15) is 36.1 Å². The SMILES string of the molecule is NS(=O)(=O)c1cc([N+](=O)[O-])ccc1NCC1(c2cc(F)cc(C(F)(F)F)c2)CC1. The first-order valence-electron chi connectivity index (χ1n) is 8.25. The van der Waals surface area contributed by atoms with E-state index in [1.54, 1.807) is 0 Å². The van der Waals surface area contributed by atoms with Crippen molar-refractivity contribution in [2.45, 2.75) is 29.3 Å². The molecule has 0 saturated heterocycles. The average Bonchev–Trinajstić information content (AvgIpc) is 3.39. The molecule has 1 fully saturated rings. The van der Waals surface area contributed by atoms with Crippen LogP contribution < -0.4 is 10.5 Å². The number of nitrogens with two attached hydrogens (primary N) is 1. The van der Waals surface area contributed by atoms with Crippen molar-refractivity contribution < 1.29 is 30.9 Å². The number of hydrogen-bond donors (Lipinski definition) is 2. The van der Waals surface area contributed by atoms with Gasteiger partial charge in [0.1, 0.15) is 10.7 Å². The Hall–Kier alpha value is -2.73. The zero-order valence-electron chi connectivity index (χ0n) is 14.7. The summed E-state index contributed by atoms with van der Waals surface area (Å²) in [5, 5.41) is 18.8. The van der Waals surface area contributed by atoms with Gasteiger partial charge in [-0.1, -0.05) is 0 Å². The van der Waals surface area contributed by atoms with Crippen LogP contribution in [0.3, 0.4) is 0 Å². The lowest BCUT2D eigenvalue weighted by atomic mass is 9.93. The molecule has 0 bridgehead atoms. The Kier molecular flexibility index (Phi) is 5.03. The van der Waals surface area contributed by atoms with Crippen molar-refractivity contribution >= 4 is 21.4 Å². The smallest absolute Gasteiger partial charge is 0.383 e. The Balaban J connectivity index is 1.91. The number of nitrogens with one attached hydrogen (secondary N) is 1. The molecule has 12 heteroatoms. The summed E-state index contributed by atoms with van der Waals surface area (Å²) in [5.74, 6) is -1.03. The first-order valence-corrected chi connectivity index (χ1v) is 9.80. The molecule has 2 aromatic carbocycles. The summed E-state index contributed by atoms with van der Waals surface area (Å²) in [5.41, 5.74) is -2.31. The van der Waals surface area contributed by atoms with Crippen molar-refractivity contribution in [3.8, 4) is 0 Å². The number of benzene rings is 2. The molecule has 1 aliphatic rings. The molecule has 0 spiro atoms. The average molecular weight is 433 g/mol. The first-order chi connectivity index (χ1) is 13.3. The normalized spacial score (nSPS) is 15.8. The van der Waals surface area contributed by atoms with Gasteiger partial charge < -0.3 is 5.32 Å². The largest absolute Gasteiger partial charge is 0.416 e. The first kappa shape index (κ1) is 21.0. The van der Waals surface area contributed by atoms with Crippen LogP contribution >= 0.6 is 0 Å². The van der Waals surface area contributed by atoms with Crippen molar-refractivity contribution in [3.05, 3.63) is 63.5 Å². The zero-order chi connectivity index (χ0) is 21.6. The maximum atomic E-state index is 13.7. The second-order valence-electron chi connectivity index (χ2n) is 6.84. The highest BCUT2D eigenvalue weighted by Crippen LogP contribution is 2.49. The van der Waals surface area contributed by atoms with E-state index in [1.807, 2.05) is 0 Å². The molecule has 7 nitrogen and oxygen atoms in total. The summed E-state index contributed by atoms with van der Waals surface area (Å²) in [6.07, 6.45) is -3.80. The Morgan fingerprint density at radius 2 is 1.83 bits per heavy atom. The molecular weight excluding hydrogens is 418 g/mol. The van der Waals surface area contributed by atoms with Crippen LogP contribution in [-0.2, 0) is 21.6 Å². The van der Waals surface area contributed by atoms with E-state index in [0.29, 0.717) is 18.9 Å². The number of anilines is 1. The fourth-order valence-electron chi connectivity index (χ4n) is 3.05. The predicted molar refractivity (Wildman–Crippen MR) is 95.3 cm³/mol. The number of sulfonamides is 1. The quantitative estimate of drug-likeness (QED) is 0.411. The summed E-state index contributed by atoms with van der Waals surface area (Å²) >= 11 is 0. The van der Waals surface area contributed by atoms with Crippen LogP contribution in [0.15, 0.2) is 41.3 Å². The molecule has 1 saturated carbocycles. The summed E-state index contributed by atoms with van der Waals surface area (Å²) < 4.78 is 76.2. The number of non-ortho nitro benzene ring substituents is 1. The highest BCUT2D eigenvalue weighted by Gasteiger charge is 2.45. The number of halogens is 4. The molecule has 29 heavy (non-hydrogen) atoms. The minimum absolute atomic E-state index is 0.00587. The molecular formula is C17H15F4N3O4S. The molecule has 2 aromatic rings. The van der Waals surface area contributed by atoms with Crippen molar-refractivity contribution in [2.24, 2.45) is 5.14 Å². The van der Waals surface area contributed by atoms with Crippen LogP contribution in [0.2, 0.25) is 0 Å². The van der Waals surface area contributed by atoms with Gasteiger partial charge in [0.25, 0.3) is 5.69 Å². The monoisotopic (exact) mass is 433 g/mol. The van der Waals surface area contributed by atoms with Crippen molar-refractivity contribution in [1.29, 1.82) is 0 Å². The molecule has 0 atom stereocenters. The minimum atomic E-state index is -4.71. The van der Waals surface area contributed by atoms with Gasteiger partial charge in [0.05, 0.1) is 16.2 Å². The van der Waals surface area contributed by atoms with Crippen LogP contribution in [-0.4, -0.2) is 19.9 Å². The predicted octanol–water partition coefficient (Wildman–Crippen LogP) is 3.54. The molecule has 0 aliphatic heterocycles. The number of alkyl halides is 3. The third kappa shape index (κ3) is 4.48. The summed E-state index contributed by atoms with van der Waals surface area (Å²) in [7, 11) is -4.31. The number of rotatable bonds is 6. The van der Waals surface area contributed by atoms with E-state index in [1.165, 1.54) is 0 Å². The van der Waals surface area contributed by atoms with Gasteiger partial charge in [0, 0.05) is 24.1 Å². The lowest BCUT2D eigenvalue weighted by Gasteiger charge is -2.20. The molecule has 0 unspecified atom stereocenters. The van der Waals surface area contributed by atoms with Crippen LogP contribution in [0, 0.1) is 15.9 Å². The molecule has 0 radical (unpaired) electrons. The molecule has 156 valence electrons. The van der Waals surface area contributed by atoms with E-state index in [4.69, 9.17) is 5.14 Å². The standard InChI is InChI=1S/C17H15F4N3O4S/c18-12-6-10(5-11(7-12)17(19,20)21)16(3-4-16)9-23-14-2-1-13(24(25)26)8-15(14)29(22,27)28/h1-2,5-8,23H,3-4,9H2,(H2,22,27,28). The van der Waals surface area contributed by atoms with Crippen LogP contribution in [0.4, 0.5) is 28.9 Å². The molecule has 3 N–H and O–H groups in total. The lowest BCUT2D eigenvalue weighted by Crippen LogP contribution is -2.23. The number of nitro groups is 1. The van der Waals surface area contributed by atoms with E-state index in [0.717, 1.165) is 30.3 Å². The van der Waals surface area contributed by atoms with E-state index in [2.05, 4.69) is 5.32 Å². The third-order valence-electron chi connectivity index (χ3n) is 4.79. The second-order valence-corrected chi connectivity index (χ2v) is 8.37. The van der Waals surface area contributed by atoms with Crippen molar-refractivity contribution in [2.75, 3.05) is 11.9 Å². The molecule has 0 heterocycles. The Bertz CT molecular complexity index is 1080. The summed E-state index contributed by atoms with van der Waals surface area (Å²) in [4.78, 5) is 9.57. The van der Waals surface area contributed by atoms with Gasteiger partial charge in [-0.2, -0.15) is 13.2 Å². The minimum Gasteiger partial charge on any atom is -0.383 e. The second kappa shape index (κ2) is 6.95. The number of nitro benzene ring substituents is 1. The van der Waals surface area contributed by atoms with Gasteiger partial charge >= 0.3 is 6.18 Å². The van der Waals surface area contributed by atoms with Gasteiger partial charge in [0.15, 0.2) is 0 Å². The van der Waals surface area contributed by atoms with E-state index < -0.39 is 48.5 Å². The highest BCUT2D eigenvalue weighted by atomic mass is 32.2. The molecule has 0 amide bonds. The van der Waals surface area contributed by atoms with Crippen molar-refractivity contribution in [1.82, 2.24) is 0 Å². The maximum absolute atomic E-state index is 13.7. The van der Waals surface area contributed by atoms with E-state index >= 15 is 0 Å². The molecule has 0 aromatic heterocycles. The summed E-state index contributed by atoms with van der Waals surface area (Å²) in [6.45, 7) is -0.00587. The van der Waals surface area contributed by atoms with E-state index in [-0.39, 0.29) is 17.8 Å².